The van der Waals surface area contributed by atoms with Crippen LogP contribution in [0.4, 0.5) is 0 Å². The second kappa shape index (κ2) is 11.7. The fourth-order valence-corrected chi connectivity index (χ4v) is 4.75. The summed E-state index contributed by atoms with van der Waals surface area (Å²) >= 11 is 0. The van der Waals surface area contributed by atoms with Crippen molar-refractivity contribution in [2.75, 3.05) is 72.1 Å². The molecule has 0 aromatic rings. The Morgan fingerprint density at radius 1 is 0.966 bits per heavy atom. The Labute approximate surface area is 176 Å². The lowest BCUT2D eigenvalue weighted by molar-refractivity contribution is -0.140. The van der Waals surface area contributed by atoms with Crippen LogP contribution < -0.4 is 5.32 Å². The summed E-state index contributed by atoms with van der Waals surface area (Å²) in [6.07, 6.45) is 5.68. The number of carbonyl (C=O) groups is 1. The van der Waals surface area contributed by atoms with Gasteiger partial charge in [-0.2, -0.15) is 0 Å². The Kier molecular flexibility index (Phi) is 9.05. The summed E-state index contributed by atoms with van der Waals surface area (Å²) < 4.78 is 5.38. The lowest BCUT2D eigenvalue weighted by atomic mass is 9.93. The van der Waals surface area contributed by atoms with E-state index in [0.717, 1.165) is 64.0 Å². The van der Waals surface area contributed by atoms with Crippen LogP contribution in [0.2, 0.25) is 0 Å². The van der Waals surface area contributed by atoms with E-state index in [2.05, 4.69) is 29.0 Å². The van der Waals surface area contributed by atoms with E-state index >= 15 is 0 Å². The van der Waals surface area contributed by atoms with Crippen LogP contribution in [0.25, 0.3) is 0 Å². The highest BCUT2D eigenvalue weighted by atomic mass is 16.5. The highest BCUT2D eigenvalue weighted by Crippen LogP contribution is 2.22. The first-order valence-electron chi connectivity index (χ1n) is 11.8. The molecule has 1 N–H and O–H groups in total. The van der Waals surface area contributed by atoms with E-state index in [-0.39, 0.29) is 5.92 Å². The molecule has 0 unspecified atom stereocenters. The van der Waals surface area contributed by atoms with Gasteiger partial charge in [0.2, 0.25) is 5.91 Å². The van der Waals surface area contributed by atoms with Crippen molar-refractivity contribution in [3.8, 4) is 0 Å². The van der Waals surface area contributed by atoms with Crippen molar-refractivity contribution in [2.45, 2.75) is 46.0 Å². The molecule has 0 spiro atoms. The van der Waals surface area contributed by atoms with Crippen molar-refractivity contribution in [1.29, 1.82) is 0 Å². The third kappa shape index (κ3) is 6.57. The van der Waals surface area contributed by atoms with Crippen LogP contribution >= 0.6 is 0 Å². The van der Waals surface area contributed by atoms with Crippen LogP contribution in [0.15, 0.2) is 4.99 Å². The van der Waals surface area contributed by atoms with Gasteiger partial charge in [-0.3, -0.25) is 9.79 Å². The molecule has 3 rings (SSSR count). The van der Waals surface area contributed by atoms with Crippen LogP contribution in [0.1, 0.15) is 46.0 Å². The van der Waals surface area contributed by atoms with E-state index < -0.39 is 0 Å². The molecule has 166 valence electrons. The van der Waals surface area contributed by atoms with Gasteiger partial charge in [-0.05, 0) is 64.6 Å². The summed E-state index contributed by atoms with van der Waals surface area (Å²) in [5.41, 5.74) is 0. The van der Waals surface area contributed by atoms with E-state index in [0.29, 0.717) is 19.1 Å². The second-order valence-corrected chi connectivity index (χ2v) is 8.60. The minimum absolute atomic E-state index is 0.163. The van der Waals surface area contributed by atoms with Gasteiger partial charge in [-0.25, -0.2) is 0 Å². The highest BCUT2D eigenvalue weighted by molar-refractivity contribution is 5.81. The quantitative estimate of drug-likeness (QED) is 0.536. The largest absolute Gasteiger partial charge is 0.378 e. The molecular formula is C22H41N5O2. The molecule has 0 atom stereocenters. The van der Waals surface area contributed by atoms with Crippen molar-refractivity contribution in [1.82, 2.24) is 20.0 Å². The maximum atomic E-state index is 12.7. The Morgan fingerprint density at radius 3 is 2.28 bits per heavy atom. The van der Waals surface area contributed by atoms with E-state index in [1.165, 1.54) is 38.9 Å². The Hall–Kier alpha value is -1.34. The summed E-state index contributed by atoms with van der Waals surface area (Å²) in [5, 5.41) is 3.47. The number of likely N-dealkylation sites (tertiary alicyclic amines) is 2. The second-order valence-electron chi connectivity index (χ2n) is 8.60. The zero-order valence-corrected chi connectivity index (χ0v) is 18.6. The standard InChI is InChI=1S/C22H41N5O2/c1-3-23-22(24-10-5-19-6-11-25(4-2)12-7-19)27-13-8-20(9-14-27)21(28)26-15-17-29-18-16-26/h19-20H,3-18H2,1-2H3,(H,23,24). The monoisotopic (exact) mass is 407 g/mol. The van der Waals surface area contributed by atoms with Gasteiger partial charge in [-0.1, -0.05) is 6.92 Å². The number of morpholine rings is 1. The number of amides is 1. The van der Waals surface area contributed by atoms with E-state index in [1.807, 2.05) is 4.90 Å². The fraction of sp³-hybridized carbons (Fsp3) is 0.909. The van der Waals surface area contributed by atoms with Crippen molar-refractivity contribution in [3.05, 3.63) is 0 Å². The number of aliphatic imine (C=N–C) groups is 1. The van der Waals surface area contributed by atoms with Crippen molar-refractivity contribution in [3.63, 3.8) is 0 Å². The van der Waals surface area contributed by atoms with Crippen LogP contribution in [0.5, 0.6) is 0 Å². The Morgan fingerprint density at radius 2 is 1.66 bits per heavy atom. The number of guanidine groups is 1. The minimum Gasteiger partial charge on any atom is -0.378 e. The number of piperidine rings is 2. The van der Waals surface area contributed by atoms with Gasteiger partial charge < -0.3 is 24.8 Å². The average Bonchev–Trinajstić information content (AvgIpc) is 2.79. The first-order valence-corrected chi connectivity index (χ1v) is 11.8. The smallest absolute Gasteiger partial charge is 0.225 e. The molecule has 3 fully saturated rings. The van der Waals surface area contributed by atoms with Gasteiger partial charge in [0.1, 0.15) is 0 Å². The van der Waals surface area contributed by atoms with Gasteiger partial charge in [0.05, 0.1) is 13.2 Å². The summed E-state index contributed by atoms with van der Waals surface area (Å²) in [5.74, 6) is 2.35. The highest BCUT2D eigenvalue weighted by Gasteiger charge is 2.30. The minimum atomic E-state index is 0.163. The first kappa shape index (κ1) is 22.3. The Balaban J connectivity index is 1.43. The van der Waals surface area contributed by atoms with Gasteiger partial charge >= 0.3 is 0 Å². The van der Waals surface area contributed by atoms with E-state index in [4.69, 9.17) is 9.73 Å². The van der Waals surface area contributed by atoms with Crippen LogP contribution in [0, 0.1) is 11.8 Å². The van der Waals surface area contributed by atoms with Gasteiger partial charge in [-0.15, -0.1) is 0 Å². The predicted octanol–water partition coefficient (Wildman–Crippen LogP) is 1.64. The average molecular weight is 408 g/mol. The van der Waals surface area contributed by atoms with Crippen LogP contribution in [-0.2, 0) is 9.53 Å². The third-order valence-corrected chi connectivity index (χ3v) is 6.75. The van der Waals surface area contributed by atoms with Crippen molar-refractivity contribution < 1.29 is 9.53 Å². The molecule has 7 nitrogen and oxygen atoms in total. The summed E-state index contributed by atoms with van der Waals surface area (Å²) in [6, 6.07) is 0. The van der Waals surface area contributed by atoms with E-state index in [1.54, 1.807) is 0 Å². The first-order chi connectivity index (χ1) is 14.2. The number of nitrogens with zero attached hydrogens (tertiary/aromatic N) is 4. The lowest BCUT2D eigenvalue weighted by Crippen LogP contribution is -2.50. The van der Waals surface area contributed by atoms with Gasteiger partial charge in [0, 0.05) is 45.2 Å². The fourth-order valence-electron chi connectivity index (χ4n) is 4.75. The number of rotatable bonds is 6. The maximum Gasteiger partial charge on any atom is 0.225 e. The summed E-state index contributed by atoms with van der Waals surface area (Å²) in [7, 11) is 0. The molecular weight excluding hydrogens is 366 g/mol. The molecule has 0 aliphatic carbocycles. The normalized spacial score (nSPS) is 23.4. The topological polar surface area (TPSA) is 60.4 Å². The maximum absolute atomic E-state index is 12.7. The third-order valence-electron chi connectivity index (χ3n) is 6.75. The van der Waals surface area contributed by atoms with Crippen LogP contribution in [0.3, 0.4) is 0 Å². The lowest BCUT2D eigenvalue weighted by Gasteiger charge is -2.37. The van der Waals surface area contributed by atoms with Gasteiger partial charge in [0.25, 0.3) is 0 Å². The zero-order chi connectivity index (χ0) is 20.5. The van der Waals surface area contributed by atoms with Crippen LogP contribution in [-0.4, -0.2) is 98.7 Å². The molecule has 0 radical (unpaired) electrons. The van der Waals surface area contributed by atoms with Gasteiger partial charge in [0.15, 0.2) is 5.96 Å². The zero-order valence-electron chi connectivity index (χ0n) is 18.6. The number of hydrogen-bond acceptors (Lipinski definition) is 4. The molecule has 3 saturated heterocycles. The molecule has 0 saturated carbocycles. The number of nitrogens with one attached hydrogen (secondary N) is 1. The molecule has 29 heavy (non-hydrogen) atoms. The number of ether oxygens (including phenoxy) is 1. The summed E-state index contributed by atoms with van der Waals surface area (Å²) in [4.78, 5) is 24.6. The molecule has 1 amide bonds. The molecule has 0 bridgehead atoms. The number of hydrogen-bond donors (Lipinski definition) is 1. The molecule has 3 aliphatic rings. The summed E-state index contributed by atoms with van der Waals surface area (Å²) in [6.45, 7) is 14.6. The molecule has 0 aromatic carbocycles. The van der Waals surface area contributed by atoms with Crippen molar-refractivity contribution >= 4 is 11.9 Å². The molecule has 3 heterocycles. The Bertz CT molecular complexity index is 519. The predicted molar refractivity (Wildman–Crippen MR) is 117 cm³/mol. The number of carbonyl (C=O) groups excluding carboxylic acids is 1. The molecule has 3 aliphatic heterocycles. The molecule has 0 aromatic heterocycles. The van der Waals surface area contributed by atoms with Crippen molar-refractivity contribution in [2.24, 2.45) is 16.8 Å². The van der Waals surface area contributed by atoms with E-state index in [9.17, 15) is 4.79 Å². The molecule has 7 heteroatoms. The SMILES string of the molecule is CCNC(=NCCC1CCN(CC)CC1)N1CCC(C(=O)N2CCOCC2)CC1.